The molecule has 28 rings (SSSR count). The summed E-state index contributed by atoms with van der Waals surface area (Å²) in [6.07, 6.45) is 14.0. The summed E-state index contributed by atoms with van der Waals surface area (Å²) in [4.78, 5) is 22.3. The molecule has 6 heteroatoms. The first-order chi connectivity index (χ1) is 54.5. The second-order valence-corrected chi connectivity index (χ2v) is 34.8. The van der Waals surface area contributed by atoms with Gasteiger partial charge in [0.25, 0.3) is 0 Å². The lowest BCUT2D eigenvalue weighted by molar-refractivity contribution is -0.0399. The predicted molar refractivity (Wildman–Crippen MR) is 453 cm³/mol. The van der Waals surface area contributed by atoms with Crippen LogP contribution >= 0.6 is 11.3 Å². The minimum absolute atomic E-state index is 0.115. The van der Waals surface area contributed by atoms with Crippen LogP contribution in [0.5, 0.6) is 0 Å². The van der Waals surface area contributed by atoms with Crippen LogP contribution in [0.1, 0.15) is 86.5 Å². The van der Waals surface area contributed by atoms with Crippen molar-refractivity contribution in [2.75, 3.05) is 0 Å². The zero-order chi connectivity index (χ0) is 71.7. The standard InChI is InChI=1S/C52H38N2O.C52H38N2S/c2*1-2-12-32(13-3-1)50-53-49(48-42-19-9-11-21-45(42)55-51(48)54-50)47-40-17-6-4-15-38(40)46(39-16-5-7-18-41(39)47)33-22-23-37-36-14-8-10-20-43(36)52(44(37)29-33)34-25-30-24-31(27-34)28-35(52)26-30/h2*1-23,29-31,34-35H,24-28H2. The largest absolute Gasteiger partial charge is 0.438 e. The maximum absolute atomic E-state index is 6.51. The minimum atomic E-state index is 0.115. The molecule has 10 aliphatic carbocycles. The van der Waals surface area contributed by atoms with Gasteiger partial charge in [-0.1, -0.05) is 267 Å². The first-order valence-corrected chi connectivity index (χ1v) is 41.2. The monoisotopic (exact) mass is 1430 g/mol. The van der Waals surface area contributed by atoms with Gasteiger partial charge in [0.1, 0.15) is 10.4 Å². The summed E-state index contributed by atoms with van der Waals surface area (Å²) in [5.74, 6) is 8.01. The molecule has 0 radical (unpaired) electrons. The Hall–Kier alpha value is -11.7. The zero-order valence-electron chi connectivity index (χ0n) is 61.0. The molecule has 0 atom stereocenters. The molecule has 14 aromatic carbocycles. The highest BCUT2D eigenvalue weighted by Crippen LogP contribution is 2.72. The van der Waals surface area contributed by atoms with Gasteiger partial charge in [-0.3, -0.25) is 0 Å². The summed E-state index contributed by atoms with van der Waals surface area (Å²) < 4.78 is 7.74. The molecule has 110 heavy (non-hydrogen) atoms. The maximum Gasteiger partial charge on any atom is 0.231 e. The molecule has 0 amide bonds. The average molecular weight is 1430 g/mol. The molecule has 5 nitrogen and oxygen atoms in total. The van der Waals surface area contributed by atoms with E-state index in [9.17, 15) is 0 Å². The molecule has 524 valence electrons. The molecule has 0 N–H and O–H groups in total. The van der Waals surface area contributed by atoms with E-state index in [0.717, 1.165) is 108 Å². The lowest BCUT2D eigenvalue weighted by Gasteiger charge is -2.61. The molecule has 0 unspecified atom stereocenters. The van der Waals surface area contributed by atoms with Gasteiger partial charge in [0.15, 0.2) is 11.6 Å². The van der Waals surface area contributed by atoms with Crippen molar-refractivity contribution in [1.29, 1.82) is 0 Å². The molecule has 0 aliphatic heterocycles. The Morgan fingerprint density at radius 3 is 1.08 bits per heavy atom. The Labute approximate surface area is 642 Å². The van der Waals surface area contributed by atoms with E-state index in [1.807, 2.05) is 30.3 Å². The van der Waals surface area contributed by atoms with E-state index in [4.69, 9.17) is 24.4 Å². The van der Waals surface area contributed by atoms with Crippen molar-refractivity contribution in [3.63, 3.8) is 0 Å². The fourth-order valence-corrected chi connectivity index (χ4v) is 26.1. The minimum Gasteiger partial charge on any atom is -0.438 e. The molecule has 4 aromatic heterocycles. The van der Waals surface area contributed by atoms with Gasteiger partial charge in [-0.15, -0.1) is 11.3 Å². The third-order valence-corrected chi connectivity index (χ3v) is 29.6. The van der Waals surface area contributed by atoms with Crippen molar-refractivity contribution in [2.24, 2.45) is 47.3 Å². The van der Waals surface area contributed by atoms with E-state index in [2.05, 4.69) is 261 Å². The number of nitrogens with zero attached hydrogens (tertiary/aromatic N) is 4. The van der Waals surface area contributed by atoms with Gasteiger partial charge in [-0.25, -0.2) is 15.0 Å². The predicted octanol–water partition coefficient (Wildman–Crippen LogP) is 27.3. The number of aromatic nitrogens is 4. The normalized spacial score (nSPS) is 23.3. The van der Waals surface area contributed by atoms with Crippen molar-refractivity contribution in [2.45, 2.75) is 75.0 Å². The molecular formula is C104H76N4OS. The number of hydrogen-bond acceptors (Lipinski definition) is 6. The molecule has 10 aliphatic rings. The molecular weight excluding hydrogens is 1350 g/mol. The summed E-state index contributed by atoms with van der Waals surface area (Å²) in [7, 11) is 0. The van der Waals surface area contributed by atoms with Crippen LogP contribution < -0.4 is 0 Å². The van der Waals surface area contributed by atoms with Crippen LogP contribution in [-0.4, -0.2) is 19.9 Å². The number of rotatable bonds is 6. The Bertz CT molecular complexity index is 6380. The van der Waals surface area contributed by atoms with Gasteiger partial charge >= 0.3 is 0 Å². The van der Waals surface area contributed by atoms with E-state index in [1.165, 1.54) is 167 Å². The first kappa shape index (κ1) is 62.2. The first-order valence-electron chi connectivity index (χ1n) is 40.3. The van der Waals surface area contributed by atoms with Crippen molar-refractivity contribution < 1.29 is 4.42 Å². The van der Waals surface area contributed by atoms with Crippen LogP contribution in [-0.2, 0) is 10.8 Å². The summed E-state index contributed by atoms with van der Waals surface area (Å²) in [5.41, 5.74) is 25.5. The number of hydrogen-bond donors (Lipinski definition) is 0. The van der Waals surface area contributed by atoms with Gasteiger partial charge in [0, 0.05) is 53.9 Å². The smallest absolute Gasteiger partial charge is 0.231 e. The Morgan fingerprint density at radius 1 is 0.273 bits per heavy atom. The lowest BCUT2D eigenvalue weighted by atomic mass is 9.43. The van der Waals surface area contributed by atoms with E-state index in [0.29, 0.717) is 11.5 Å². The summed E-state index contributed by atoms with van der Waals surface area (Å²) in [6.45, 7) is 0. The van der Waals surface area contributed by atoms with Crippen LogP contribution in [0, 0.1) is 47.3 Å². The maximum atomic E-state index is 6.51. The molecule has 8 bridgehead atoms. The van der Waals surface area contributed by atoms with Crippen LogP contribution in [0.25, 0.3) is 175 Å². The van der Waals surface area contributed by atoms with Gasteiger partial charge < -0.3 is 4.42 Å². The van der Waals surface area contributed by atoms with Gasteiger partial charge in [0.2, 0.25) is 5.71 Å². The molecule has 18 aromatic rings. The second kappa shape index (κ2) is 23.4. The molecule has 2 spiro atoms. The van der Waals surface area contributed by atoms with Crippen molar-refractivity contribution in [3.8, 4) is 89.8 Å². The van der Waals surface area contributed by atoms with Crippen molar-refractivity contribution in [1.82, 2.24) is 19.9 Å². The van der Waals surface area contributed by atoms with Gasteiger partial charge in [-0.05, 0) is 246 Å². The average Bonchev–Trinajstić information content (AvgIpc) is 1.50. The van der Waals surface area contributed by atoms with Crippen LogP contribution in [0.4, 0.5) is 0 Å². The zero-order valence-corrected chi connectivity index (χ0v) is 61.8. The number of para-hydroxylation sites is 1. The molecule has 8 fully saturated rings. The molecule has 0 saturated heterocycles. The Kier molecular flexibility index (Phi) is 13.2. The number of benzene rings is 14. The number of fused-ring (bicyclic) bond motifs is 16. The lowest BCUT2D eigenvalue weighted by Crippen LogP contribution is -2.55. The highest BCUT2D eigenvalue weighted by atomic mass is 32.1. The highest BCUT2D eigenvalue weighted by molar-refractivity contribution is 7.25. The quantitative estimate of drug-likeness (QED) is 0.155. The van der Waals surface area contributed by atoms with Crippen LogP contribution in [0.3, 0.4) is 0 Å². The van der Waals surface area contributed by atoms with E-state index < -0.39 is 0 Å². The highest BCUT2D eigenvalue weighted by Gasteiger charge is 2.63. The Morgan fingerprint density at radius 2 is 0.627 bits per heavy atom. The van der Waals surface area contributed by atoms with E-state index in [1.54, 1.807) is 33.6 Å². The SMILES string of the molecule is c1ccc(-c2nc(-c3c4ccccc4c(-c4ccc5c(c4)C4(c6ccccc6-5)C5CC6CC(C5)CC4C6)c4ccccc34)c3c(n2)oc2ccccc23)cc1.c1ccc(-c2nc(-c3c4ccccc4c(-c4ccc5c(c4)C4(c6ccccc6-5)C5CC6CC(C5)CC4C6)c4ccccc34)c3c(n2)sc2ccccc23)cc1. The second-order valence-electron chi connectivity index (χ2n) is 33.7. The van der Waals surface area contributed by atoms with Gasteiger partial charge in [-0.2, -0.15) is 4.98 Å². The number of furan rings is 1. The van der Waals surface area contributed by atoms with Crippen LogP contribution in [0.2, 0.25) is 0 Å². The third kappa shape index (κ3) is 8.63. The van der Waals surface area contributed by atoms with Crippen molar-refractivity contribution >= 4 is 96.8 Å². The fraction of sp³-hybridized carbons (Fsp3) is 0.192. The fourth-order valence-electron chi connectivity index (χ4n) is 25.0. The number of thiophene rings is 1. The van der Waals surface area contributed by atoms with Gasteiger partial charge in [0.05, 0.1) is 16.8 Å². The van der Waals surface area contributed by atoms with Crippen molar-refractivity contribution in [3.05, 3.63) is 313 Å². The summed E-state index contributed by atoms with van der Waals surface area (Å²) in [5, 5.41) is 14.2. The third-order valence-electron chi connectivity index (χ3n) is 28.6. The topological polar surface area (TPSA) is 64.7 Å². The van der Waals surface area contributed by atoms with E-state index in [-0.39, 0.29) is 10.8 Å². The van der Waals surface area contributed by atoms with Crippen LogP contribution in [0.15, 0.2) is 296 Å². The summed E-state index contributed by atoms with van der Waals surface area (Å²) >= 11 is 1.77. The Balaban J connectivity index is 0.000000126. The molecule has 4 heterocycles. The van der Waals surface area contributed by atoms with E-state index >= 15 is 0 Å². The summed E-state index contributed by atoms with van der Waals surface area (Å²) in [6, 6.07) is 108. The molecule has 8 saturated carbocycles.